The summed E-state index contributed by atoms with van der Waals surface area (Å²) < 4.78 is 28.3. The van der Waals surface area contributed by atoms with Crippen LogP contribution in [-0.2, 0) is 19.4 Å². The number of esters is 1. The topological polar surface area (TPSA) is 92.8 Å². The van der Waals surface area contributed by atoms with Crippen LogP contribution in [0.3, 0.4) is 0 Å². The number of hydrogen-bond acceptors (Lipinski definition) is 7. The number of sulfone groups is 1. The van der Waals surface area contributed by atoms with Crippen molar-refractivity contribution in [1.29, 1.82) is 0 Å². The zero-order chi connectivity index (χ0) is 20.5. The summed E-state index contributed by atoms with van der Waals surface area (Å²) in [7, 11) is -2.09. The van der Waals surface area contributed by atoms with E-state index in [1.165, 1.54) is 36.6 Å². The van der Waals surface area contributed by atoms with Crippen LogP contribution in [0.1, 0.15) is 22.5 Å². The Hall–Kier alpha value is -2.10. The number of amides is 1. The number of carbonyl (C=O) groups excluding carboxylic acids is 2. The highest BCUT2D eigenvalue weighted by Crippen LogP contribution is 2.31. The van der Waals surface area contributed by atoms with Crippen LogP contribution in [0.5, 0.6) is 0 Å². The van der Waals surface area contributed by atoms with Crippen LogP contribution >= 0.6 is 22.9 Å². The summed E-state index contributed by atoms with van der Waals surface area (Å²) in [5.41, 5.74) is 1.08. The van der Waals surface area contributed by atoms with Gasteiger partial charge in [0.05, 0.1) is 16.9 Å². The number of nitrogens with one attached hydrogen (secondary N) is 1. The van der Waals surface area contributed by atoms with Gasteiger partial charge < -0.3 is 15.0 Å². The lowest BCUT2D eigenvalue weighted by molar-refractivity contribution is -0.141. The Labute approximate surface area is 172 Å². The fraction of sp³-hybridized carbons (Fsp3) is 0.333. The smallest absolute Gasteiger partial charge is 0.328 e. The monoisotopic (exact) mass is 442 g/mol. The normalized spacial score (nSPS) is 16.8. The molecule has 0 radical (unpaired) electrons. The predicted octanol–water partition coefficient (Wildman–Crippen LogP) is 3.20. The van der Waals surface area contributed by atoms with Crippen molar-refractivity contribution in [2.24, 2.45) is 0 Å². The van der Waals surface area contributed by atoms with E-state index in [-0.39, 0.29) is 27.8 Å². The van der Waals surface area contributed by atoms with E-state index in [1.54, 1.807) is 6.07 Å². The molecule has 0 unspecified atom stereocenters. The maximum absolute atomic E-state index is 12.6. The highest BCUT2D eigenvalue weighted by molar-refractivity contribution is 7.90. The summed E-state index contributed by atoms with van der Waals surface area (Å²) in [4.78, 5) is 26.9. The molecule has 28 heavy (non-hydrogen) atoms. The highest BCUT2D eigenvalue weighted by atomic mass is 35.5. The molecule has 10 heteroatoms. The number of carbonyl (C=O) groups is 2. The molecular formula is C18H19ClN2O5S2. The molecule has 1 aliphatic rings. The molecule has 2 heterocycles. The third-order valence-corrected chi connectivity index (χ3v) is 6.65. The van der Waals surface area contributed by atoms with Crippen LogP contribution in [0.15, 0.2) is 34.5 Å². The largest absolute Gasteiger partial charge is 0.467 e. The van der Waals surface area contributed by atoms with E-state index < -0.39 is 9.84 Å². The average Bonchev–Trinajstić information content (AvgIpc) is 3.28. The van der Waals surface area contributed by atoms with Crippen molar-refractivity contribution in [2.45, 2.75) is 23.8 Å². The fourth-order valence-electron chi connectivity index (χ4n) is 3.09. The minimum absolute atomic E-state index is 0.0279. The molecule has 1 aromatic carbocycles. The maximum atomic E-state index is 12.6. The second-order valence-corrected chi connectivity index (χ2v) is 9.81. The first-order chi connectivity index (χ1) is 13.2. The van der Waals surface area contributed by atoms with Crippen molar-refractivity contribution in [3.05, 3.63) is 39.5 Å². The third kappa shape index (κ3) is 4.48. The molecule has 0 bridgehead atoms. The van der Waals surface area contributed by atoms with Crippen LogP contribution in [-0.4, -0.2) is 46.2 Å². The molecule has 0 spiro atoms. The Morgan fingerprint density at radius 3 is 2.71 bits per heavy atom. The van der Waals surface area contributed by atoms with Gasteiger partial charge in [-0.2, -0.15) is 0 Å². The number of ether oxygens (including phenoxy) is 1. The van der Waals surface area contributed by atoms with E-state index in [0.29, 0.717) is 23.5 Å². The number of hydrogen-bond donors (Lipinski definition) is 1. The Kier molecular flexibility index (Phi) is 5.97. The minimum atomic E-state index is -3.46. The van der Waals surface area contributed by atoms with Crippen LogP contribution < -0.4 is 10.2 Å². The Balaban J connectivity index is 1.78. The lowest BCUT2D eigenvalue weighted by Gasteiger charge is -2.23. The van der Waals surface area contributed by atoms with Crippen LogP contribution in [0.2, 0.25) is 5.02 Å². The molecule has 1 aromatic heterocycles. The van der Waals surface area contributed by atoms with Crippen molar-refractivity contribution in [3.8, 4) is 0 Å². The second-order valence-electron chi connectivity index (χ2n) is 6.45. The number of rotatable bonds is 5. The van der Waals surface area contributed by atoms with Crippen molar-refractivity contribution >= 4 is 56.0 Å². The lowest BCUT2D eigenvalue weighted by Crippen LogP contribution is -2.36. The molecule has 1 fully saturated rings. The fourth-order valence-corrected chi connectivity index (χ4v) is 4.87. The van der Waals surface area contributed by atoms with Gasteiger partial charge >= 0.3 is 5.97 Å². The maximum Gasteiger partial charge on any atom is 0.328 e. The zero-order valence-electron chi connectivity index (χ0n) is 15.3. The van der Waals surface area contributed by atoms with E-state index in [1.807, 2.05) is 10.3 Å². The summed E-state index contributed by atoms with van der Waals surface area (Å²) >= 11 is 7.21. The lowest BCUT2D eigenvalue weighted by atomic mass is 10.2. The molecule has 1 amide bonds. The van der Waals surface area contributed by atoms with Crippen molar-refractivity contribution in [1.82, 2.24) is 0 Å². The van der Waals surface area contributed by atoms with E-state index in [0.717, 1.165) is 18.4 Å². The molecule has 1 aliphatic heterocycles. The third-order valence-electron chi connectivity index (χ3n) is 4.42. The first-order valence-electron chi connectivity index (χ1n) is 8.44. The van der Waals surface area contributed by atoms with Crippen LogP contribution in [0.25, 0.3) is 0 Å². The van der Waals surface area contributed by atoms with Crippen molar-refractivity contribution in [2.75, 3.05) is 30.1 Å². The van der Waals surface area contributed by atoms with Gasteiger partial charge in [-0.15, -0.1) is 11.3 Å². The Morgan fingerprint density at radius 2 is 2.04 bits per heavy atom. The van der Waals surface area contributed by atoms with Gasteiger partial charge in [0.15, 0.2) is 9.84 Å². The van der Waals surface area contributed by atoms with Crippen molar-refractivity contribution in [3.63, 3.8) is 0 Å². The standard InChI is InChI=1S/C18H19ClN2O5S2/c1-26-18(23)15-4-3-5-21(15)13-9-16(27-10-13)17(22)20-12-6-11(19)7-14(8-12)28(2,24)25/h6-10,15H,3-5H2,1-2H3,(H,20,22)/t15-/m0/s1. The van der Waals surface area contributed by atoms with Gasteiger partial charge in [-0.1, -0.05) is 11.6 Å². The Morgan fingerprint density at radius 1 is 1.29 bits per heavy atom. The number of methoxy groups -OCH3 is 1. The van der Waals surface area contributed by atoms with Gasteiger partial charge in [-0.05, 0) is 37.1 Å². The SMILES string of the molecule is COC(=O)[C@@H]1CCCN1c1csc(C(=O)Nc2cc(Cl)cc(S(C)(=O)=O)c2)c1. The number of thiophene rings is 1. The molecule has 0 aliphatic carbocycles. The van der Waals surface area contributed by atoms with Gasteiger partial charge in [0.2, 0.25) is 0 Å². The summed E-state index contributed by atoms with van der Waals surface area (Å²) in [6.45, 7) is 0.712. The Bertz CT molecular complexity index is 1020. The molecule has 150 valence electrons. The van der Waals surface area contributed by atoms with E-state index in [9.17, 15) is 18.0 Å². The first-order valence-corrected chi connectivity index (χ1v) is 11.6. The molecule has 7 nitrogen and oxygen atoms in total. The number of anilines is 2. The summed E-state index contributed by atoms with van der Waals surface area (Å²) in [6.07, 6.45) is 2.65. The highest BCUT2D eigenvalue weighted by Gasteiger charge is 2.32. The van der Waals surface area contributed by atoms with Gasteiger partial charge in [-0.25, -0.2) is 13.2 Å². The summed E-state index contributed by atoms with van der Waals surface area (Å²) in [5.74, 6) is -0.672. The van der Waals surface area contributed by atoms with E-state index >= 15 is 0 Å². The molecule has 1 N–H and O–H groups in total. The number of benzene rings is 1. The minimum Gasteiger partial charge on any atom is -0.467 e. The van der Waals surface area contributed by atoms with Crippen molar-refractivity contribution < 1.29 is 22.7 Å². The van der Waals surface area contributed by atoms with E-state index in [4.69, 9.17) is 16.3 Å². The molecular weight excluding hydrogens is 424 g/mol. The van der Waals surface area contributed by atoms with Gasteiger partial charge in [-0.3, -0.25) is 4.79 Å². The number of halogens is 1. The van der Waals surface area contributed by atoms with Gasteiger partial charge in [0.1, 0.15) is 6.04 Å². The van der Waals surface area contributed by atoms with Crippen LogP contribution in [0.4, 0.5) is 11.4 Å². The first kappa shape index (κ1) is 20.6. The molecule has 0 saturated carbocycles. The molecule has 1 atom stereocenters. The average molecular weight is 443 g/mol. The quantitative estimate of drug-likeness (QED) is 0.715. The molecule has 2 aromatic rings. The number of nitrogens with zero attached hydrogens (tertiary/aromatic N) is 1. The molecule has 3 rings (SSSR count). The molecule has 1 saturated heterocycles. The summed E-state index contributed by atoms with van der Waals surface area (Å²) in [5, 5.41) is 4.70. The predicted molar refractivity (Wildman–Crippen MR) is 109 cm³/mol. The summed E-state index contributed by atoms with van der Waals surface area (Å²) in [6, 6.07) is 5.54. The van der Waals surface area contributed by atoms with Crippen LogP contribution in [0, 0.1) is 0 Å². The van der Waals surface area contributed by atoms with Gasteiger partial charge in [0.25, 0.3) is 5.91 Å². The second kappa shape index (κ2) is 8.10. The zero-order valence-corrected chi connectivity index (χ0v) is 17.7. The van der Waals surface area contributed by atoms with Gasteiger partial charge in [0, 0.05) is 34.6 Å². The van der Waals surface area contributed by atoms with E-state index in [2.05, 4.69) is 5.32 Å².